The van der Waals surface area contributed by atoms with Crippen molar-refractivity contribution in [2.75, 3.05) is 6.61 Å². The SMILES string of the molecule is OC[C@H]1O[C@@H](Oc2c[nH]c3cc(F)ccc23)[C@H](O)[C@@H]1O. The van der Waals surface area contributed by atoms with Gasteiger partial charge in [-0.25, -0.2) is 4.39 Å². The molecule has 0 spiro atoms. The number of aliphatic hydroxyl groups is 3. The number of ether oxygens (including phenoxy) is 2. The molecular formula is C13H14FNO5. The van der Waals surface area contributed by atoms with Crippen molar-refractivity contribution in [1.29, 1.82) is 0 Å². The van der Waals surface area contributed by atoms with E-state index in [2.05, 4.69) is 4.98 Å². The number of benzene rings is 1. The summed E-state index contributed by atoms with van der Waals surface area (Å²) in [7, 11) is 0. The van der Waals surface area contributed by atoms with E-state index < -0.39 is 31.2 Å². The number of aromatic nitrogens is 1. The lowest BCUT2D eigenvalue weighted by Crippen LogP contribution is -2.35. The number of H-pyrrole nitrogens is 1. The molecule has 1 aromatic carbocycles. The summed E-state index contributed by atoms with van der Waals surface area (Å²) in [6.07, 6.45) is -2.95. The van der Waals surface area contributed by atoms with Crippen LogP contribution in [-0.4, -0.2) is 51.5 Å². The third-order valence-corrected chi connectivity index (χ3v) is 3.35. The van der Waals surface area contributed by atoms with Gasteiger partial charge in [0.2, 0.25) is 6.29 Å². The number of aromatic amines is 1. The van der Waals surface area contributed by atoms with E-state index in [1.54, 1.807) is 0 Å². The van der Waals surface area contributed by atoms with Crippen molar-refractivity contribution >= 4 is 10.9 Å². The van der Waals surface area contributed by atoms with E-state index in [0.29, 0.717) is 16.7 Å². The predicted octanol–water partition coefficient (Wildman–Crippen LogP) is 0.125. The molecule has 4 atom stereocenters. The van der Waals surface area contributed by atoms with E-state index in [1.165, 1.54) is 24.4 Å². The summed E-state index contributed by atoms with van der Waals surface area (Å²) in [5.74, 6) is -0.00587. The fourth-order valence-electron chi connectivity index (χ4n) is 2.26. The molecule has 1 aliphatic heterocycles. The first kappa shape index (κ1) is 13.3. The van der Waals surface area contributed by atoms with Gasteiger partial charge in [-0.15, -0.1) is 0 Å². The summed E-state index contributed by atoms with van der Waals surface area (Å²) >= 11 is 0. The Bertz CT molecular complexity index is 616. The van der Waals surface area contributed by atoms with Crippen LogP contribution in [0.15, 0.2) is 24.4 Å². The highest BCUT2D eigenvalue weighted by molar-refractivity contribution is 5.86. The fourth-order valence-corrected chi connectivity index (χ4v) is 2.26. The van der Waals surface area contributed by atoms with Gasteiger partial charge in [-0.3, -0.25) is 0 Å². The maximum atomic E-state index is 13.1. The van der Waals surface area contributed by atoms with E-state index in [9.17, 15) is 14.6 Å². The van der Waals surface area contributed by atoms with Gasteiger partial charge >= 0.3 is 0 Å². The van der Waals surface area contributed by atoms with Gasteiger partial charge in [0.15, 0.2) is 0 Å². The fraction of sp³-hybridized carbons (Fsp3) is 0.385. The highest BCUT2D eigenvalue weighted by atomic mass is 19.1. The van der Waals surface area contributed by atoms with Crippen LogP contribution in [0.25, 0.3) is 10.9 Å². The van der Waals surface area contributed by atoms with Crippen LogP contribution in [-0.2, 0) is 4.74 Å². The van der Waals surface area contributed by atoms with Gasteiger partial charge in [0.1, 0.15) is 29.9 Å². The van der Waals surface area contributed by atoms with E-state index in [4.69, 9.17) is 14.6 Å². The number of aliphatic hydroxyl groups excluding tert-OH is 3. The molecule has 1 aromatic heterocycles. The third-order valence-electron chi connectivity index (χ3n) is 3.35. The topological polar surface area (TPSA) is 94.9 Å². The molecule has 1 saturated heterocycles. The zero-order chi connectivity index (χ0) is 14.3. The second-order valence-electron chi connectivity index (χ2n) is 4.67. The minimum Gasteiger partial charge on any atom is -0.460 e. The maximum Gasteiger partial charge on any atom is 0.229 e. The Morgan fingerprint density at radius 1 is 1.30 bits per heavy atom. The van der Waals surface area contributed by atoms with Crippen LogP contribution < -0.4 is 4.74 Å². The molecule has 0 bridgehead atoms. The quantitative estimate of drug-likeness (QED) is 0.642. The predicted molar refractivity (Wildman–Crippen MR) is 66.6 cm³/mol. The average molecular weight is 283 g/mol. The molecule has 0 saturated carbocycles. The largest absolute Gasteiger partial charge is 0.460 e. The molecule has 1 aliphatic rings. The molecule has 4 N–H and O–H groups in total. The van der Waals surface area contributed by atoms with Crippen LogP contribution in [0.3, 0.4) is 0 Å². The Labute approximate surface area is 113 Å². The van der Waals surface area contributed by atoms with Crippen molar-refractivity contribution < 1.29 is 29.2 Å². The second kappa shape index (κ2) is 5.02. The molecule has 3 rings (SSSR count). The van der Waals surface area contributed by atoms with Crippen molar-refractivity contribution in [3.63, 3.8) is 0 Å². The molecule has 7 heteroatoms. The lowest BCUT2D eigenvalue weighted by molar-refractivity contribution is -0.115. The first-order valence-corrected chi connectivity index (χ1v) is 6.16. The Hall–Kier alpha value is -1.67. The monoisotopic (exact) mass is 283 g/mol. The number of halogens is 1. The zero-order valence-corrected chi connectivity index (χ0v) is 10.4. The Morgan fingerprint density at radius 3 is 2.80 bits per heavy atom. The molecule has 6 nitrogen and oxygen atoms in total. The number of nitrogens with one attached hydrogen (secondary N) is 1. The van der Waals surface area contributed by atoms with Crippen molar-refractivity contribution in [3.05, 3.63) is 30.2 Å². The molecule has 0 aliphatic carbocycles. The molecule has 20 heavy (non-hydrogen) atoms. The second-order valence-corrected chi connectivity index (χ2v) is 4.67. The van der Waals surface area contributed by atoms with Crippen molar-refractivity contribution in [2.45, 2.75) is 24.6 Å². The van der Waals surface area contributed by atoms with Crippen LogP contribution in [0, 0.1) is 5.82 Å². The summed E-state index contributed by atoms with van der Waals surface area (Å²) in [4.78, 5) is 2.84. The zero-order valence-electron chi connectivity index (χ0n) is 10.4. The van der Waals surface area contributed by atoms with Gasteiger partial charge in [0.05, 0.1) is 12.1 Å². The normalized spacial score (nSPS) is 30.0. The van der Waals surface area contributed by atoms with Gasteiger partial charge in [0.25, 0.3) is 0 Å². The van der Waals surface area contributed by atoms with Crippen LogP contribution in [0.2, 0.25) is 0 Å². The van der Waals surface area contributed by atoms with E-state index in [-0.39, 0.29) is 5.82 Å². The Kier molecular flexibility index (Phi) is 3.35. The summed E-state index contributed by atoms with van der Waals surface area (Å²) in [5, 5.41) is 29.1. The molecule has 0 radical (unpaired) electrons. The van der Waals surface area contributed by atoms with Crippen LogP contribution in [0.5, 0.6) is 5.75 Å². The van der Waals surface area contributed by atoms with Gasteiger partial charge in [-0.05, 0) is 18.2 Å². The minimum absolute atomic E-state index is 0.370. The first-order chi connectivity index (χ1) is 9.60. The standard InChI is InChI=1S/C13H14FNO5/c14-6-1-2-7-8(3-6)15-4-9(7)19-13-12(18)11(17)10(5-16)20-13/h1-4,10-13,15-18H,5H2/t10-,11-,12-,13-/m1/s1. The molecule has 1 fully saturated rings. The molecular weight excluding hydrogens is 269 g/mol. The number of fused-ring (bicyclic) bond motifs is 1. The third kappa shape index (κ3) is 2.14. The van der Waals surface area contributed by atoms with E-state index >= 15 is 0 Å². The highest BCUT2D eigenvalue weighted by Crippen LogP contribution is 2.30. The number of hydrogen-bond acceptors (Lipinski definition) is 5. The lowest BCUT2D eigenvalue weighted by Gasteiger charge is -2.16. The number of rotatable bonds is 3. The molecule has 108 valence electrons. The maximum absolute atomic E-state index is 13.1. The molecule has 0 unspecified atom stereocenters. The molecule has 2 aromatic rings. The van der Waals surface area contributed by atoms with E-state index in [1.807, 2.05) is 0 Å². The highest BCUT2D eigenvalue weighted by Gasteiger charge is 2.44. The van der Waals surface area contributed by atoms with Crippen LogP contribution in [0.1, 0.15) is 0 Å². The summed E-state index contributed by atoms with van der Waals surface area (Å²) in [6.45, 7) is -0.419. The minimum atomic E-state index is -1.27. The van der Waals surface area contributed by atoms with Gasteiger partial charge < -0.3 is 29.8 Å². The van der Waals surface area contributed by atoms with Crippen molar-refractivity contribution in [3.8, 4) is 5.75 Å². The smallest absolute Gasteiger partial charge is 0.229 e. The van der Waals surface area contributed by atoms with Gasteiger partial charge in [0, 0.05) is 11.6 Å². The first-order valence-electron chi connectivity index (χ1n) is 6.16. The summed E-state index contributed by atoms with van der Waals surface area (Å²) in [6, 6.07) is 4.15. The van der Waals surface area contributed by atoms with Gasteiger partial charge in [-0.2, -0.15) is 0 Å². The Morgan fingerprint density at radius 2 is 2.10 bits per heavy atom. The van der Waals surface area contributed by atoms with Crippen LogP contribution >= 0.6 is 0 Å². The van der Waals surface area contributed by atoms with Crippen molar-refractivity contribution in [1.82, 2.24) is 4.98 Å². The number of hydrogen-bond donors (Lipinski definition) is 4. The Balaban J connectivity index is 1.83. The molecule has 2 heterocycles. The average Bonchev–Trinajstić information content (AvgIpc) is 2.95. The molecule has 0 amide bonds. The lowest BCUT2D eigenvalue weighted by atomic mass is 10.1. The van der Waals surface area contributed by atoms with Gasteiger partial charge in [-0.1, -0.05) is 0 Å². The van der Waals surface area contributed by atoms with Crippen LogP contribution in [0.4, 0.5) is 4.39 Å². The van der Waals surface area contributed by atoms with E-state index in [0.717, 1.165) is 0 Å². The summed E-state index contributed by atoms with van der Waals surface area (Å²) in [5.41, 5.74) is 0.548. The van der Waals surface area contributed by atoms with Crippen molar-refractivity contribution in [2.24, 2.45) is 0 Å². The summed E-state index contributed by atoms with van der Waals surface area (Å²) < 4.78 is 23.8.